The number of hydrazone groups is 1. The van der Waals surface area contributed by atoms with Crippen LogP contribution < -0.4 is 10.2 Å². The Morgan fingerprint density at radius 2 is 2.15 bits per heavy atom. The standard InChI is InChI=1S/C18H19N5O3/c1-22(2)20-6-8-23-7-5-18(25)17(21-23)12-26-15-3-4-16-13(10-15)9-14(24)11-19-16/h3-7,9-11,24H,8,12H2,1-2H3/b20-6-. The van der Waals surface area contributed by atoms with Gasteiger partial charge in [-0.15, -0.1) is 0 Å². The summed E-state index contributed by atoms with van der Waals surface area (Å²) in [5.41, 5.74) is 0.862. The monoisotopic (exact) mass is 353 g/mol. The minimum atomic E-state index is -0.189. The molecular weight excluding hydrogens is 334 g/mol. The van der Waals surface area contributed by atoms with E-state index in [1.807, 2.05) is 14.1 Å². The summed E-state index contributed by atoms with van der Waals surface area (Å²) in [5, 5.41) is 20.4. The molecule has 0 unspecified atom stereocenters. The molecule has 2 aromatic heterocycles. The van der Waals surface area contributed by atoms with E-state index in [-0.39, 0.29) is 17.8 Å². The smallest absolute Gasteiger partial charge is 0.206 e. The third-order valence-electron chi connectivity index (χ3n) is 3.53. The number of hydrogen-bond acceptors (Lipinski definition) is 7. The SMILES string of the molecule is CN(C)/N=C\Cn1ccc(=O)c(COc2ccc3ncc(O)cc3c2)n1. The van der Waals surface area contributed by atoms with Crippen molar-refractivity contribution in [1.82, 2.24) is 19.8 Å². The molecule has 134 valence electrons. The average Bonchev–Trinajstić information content (AvgIpc) is 2.61. The molecule has 0 bridgehead atoms. The van der Waals surface area contributed by atoms with Gasteiger partial charge in [0.2, 0.25) is 5.43 Å². The van der Waals surface area contributed by atoms with Gasteiger partial charge < -0.3 is 14.9 Å². The predicted octanol–water partition coefficient (Wildman–Crippen LogP) is 1.62. The first-order valence-electron chi connectivity index (χ1n) is 7.99. The van der Waals surface area contributed by atoms with Gasteiger partial charge in [-0.25, -0.2) is 0 Å². The first kappa shape index (κ1) is 17.4. The van der Waals surface area contributed by atoms with Crippen molar-refractivity contribution in [2.75, 3.05) is 14.1 Å². The number of aromatic nitrogens is 3. The van der Waals surface area contributed by atoms with Crippen LogP contribution in [0.5, 0.6) is 11.5 Å². The summed E-state index contributed by atoms with van der Waals surface area (Å²) < 4.78 is 7.31. The Bertz CT molecular complexity index is 998. The second-order valence-corrected chi connectivity index (χ2v) is 5.83. The summed E-state index contributed by atoms with van der Waals surface area (Å²) in [6.07, 6.45) is 4.70. The molecule has 0 saturated carbocycles. The molecule has 2 heterocycles. The summed E-state index contributed by atoms with van der Waals surface area (Å²) in [5.74, 6) is 0.650. The van der Waals surface area contributed by atoms with Gasteiger partial charge in [-0.1, -0.05) is 0 Å². The zero-order valence-electron chi connectivity index (χ0n) is 14.5. The lowest BCUT2D eigenvalue weighted by molar-refractivity contribution is 0.296. The lowest BCUT2D eigenvalue weighted by atomic mass is 10.2. The highest BCUT2D eigenvalue weighted by atomic mass is 16.5. The molecule has 8 heteroatoms. The van der Waals surface area contributed by atoms with Crippen LogP contribution in [0.25, 0.3) is 10.9 Å². The first-order valence-corrected chi connectivity index (χ1v) is 7.99. The van der Waals surface area contributed by atoms with Gasteiger partial charge in [0.15, 0.2) is 0 Å². The van der Waals surface area contributed by atoms with Gasteiger partial charge in [0.25, 0.3) is 0 Å². The molecule has 1 N–H and O–H groups in total. The second kappa shape index (κ2) is 7.64. The molecule has 0 radical (unpaired) electrons. The number of pyridine rings is 1. The zero-order chi connectivity index (χ0) is 18.5. The van der Waals surface area contributed by atoms with Crippen LogP contribution in [0.1, 0.15) is 5.69 Å². The first-order chi connectivity index (χ1) is 12.5. The zero-order valence-corrected chi connectivity index (χ0v) is 14.5. The largest absolute Gasteiger partial charge is 0.506 e. The molecule has 0 aliphatic carbocycles. The topological polar surface area (TPSA) is 92.8 Å². The molecule has 0 spiro atoms. The fraction of sp³-hybridized carbons (Fsp3) is 0.222. The highest BCUT2D eigenvalue weighted by Gasteiger charge is 2.05. The quantitative estimate of drug-likeness (QED) is 0.535. The maximum atomic E-state index is 12.0. The van der Waals surface area contributed by atoms with E-state index < -0.39 is 0 Å². The van der Waals surface area contributed by atoms with Gasteiger partial charge >= 0.3 is 0 Å². The van der Waals surface area contributed by atoms with E-state index >= 15 is 0 Å². The number of fused-ring (bicyclic) bond motifs is 1. The van der Waals surface area contributed by atoms with Gasteiger partial charge in [-0.3, -0.25) is 14.5 Å². The fourth-order valence-electron chi connectivity index (χ4n) is 2.31. The van der Waals surface area contributed by atoms with Crippen LogP contribution in [0.3, 0.4) is 0 Å². The van der Waals surface area contributed by atoms with Gasteiger partial charge in [0, 0.05) is 38.0 Å². The van der Waals surface area contributed by atoms with Crippen molar-refractivity contribution in [3.05, 3.63) is 58.6 Å². The summed E-state index contributed by atoms with van der Waals surface area (Å²) in [7, 11) is 3.65. The van der Waals surface area contributed by atoms with Crippen LogP contribution in [0.15, 0.2) is 52.6 Å². The Labute approximate surface area is 150 Å². The Morgan fingerprint density at radius 1 is 1.31 bits per heavy atom. The highest BCUT2D eigenvalue weighted by molar-refractivity contribution is 5.81. The van der Waals surface area contributed by atoms with Crippen molar-refractivity contribution >= 4 is 17.1 Å². The number of hydrogen-bond donors (Lipinski definition) is 1. The van der Waals surface area contributed by atoms with Crippen molar-refractivity contribution in [2.24, 2.45) is 5.10 Å². The number of nitrogens with zero attached hydrogens (tertiary/aromatic N) is 5. The molecule has 0 aliphatic rings. The van der Waals surface area contributed by atoms with E-state index in [0.29, 0.717) is 18.0 Å². The van der Waals surface area contributed by atoms with E-state index in [9.17, 15) is 9.90 Å². The Balaban J connectivity index is 1.73. The second-order valence-electron chi connectivity index (χ2n) is 5.83. The minimum Gasteiger partial charge on any atom is -0.506 e. The van der Waals surface area contributed by atoms with Crippen molar-refractivity contribution in [3.63, 3.8) is 0 Å². The molecular formula is C18H19N5O3. The highest BCUT2D eigenvalue weighted by Crippen LogP contribution is 2.22. The molecule has 8 nitrogen and oxygen atoms in total. The van der Waals surface area contributed by atoms with Crippen LogP contribution in [-0.2, 0) is 13.2 Å². The van der Waals surface area contributed by atoms with Gasteiger partial charge in [0.1, 0.15) is 23.8 Å². The summed E-state index contributed by atoms with van der Waals surface area (Å²) in [6, 6.07) is 8.37. The van der Waals surface area contributed by atoms with Gasteiger partial charge in [0.05, 0.1) is 18.3 Å². The Morgan fingerprint density at radius 3 is 2.96 bits per heavy atom. The minimum absolute atomic E-state index is 0.0439. The van der Waals surface area contributed by atoms with Crippen molar-refractivity contribution in [2.45, 2.75) is 13.2 Å². The van der Waals surface area contributed by atoms with E-state index in [2.05, 4.69) is 15.2 Å². The van der Waals surface area contributed by atoms with Crippen molar-refractivity contribution < 1.29 is 9.84 Å². The number of ether oxygens (including phenoxy) is 1. The van der Waals surface area contributed by atoms with E-state index in [0.717, 1.165) is 10.9 Å². The lowest BCUT2D eigenvalue weighted by Crippen LogP contribution is -2.19. The van der Waals surface area contributed by atoms with Crippen LogP contribution in [-0.4, -0.2) is 45.2 Å². The Hall–Kier alpha value is -3.42. The molecule has 0 amide bonds. The van der Waals surface area contributed by atoms with Crippen molar-refractivity contribution in [1.29, 1.82) is 0 Å². The summed E-state index contributed by atoms with van der Waals surface area (Å²) >= 11 is 0. The maximum absolute atomic E-state index is 12.0. The molecule has 1 aromatic carbocycles. The van der Waals surface area contributed by atoms with Crippen LogP contribution >= 0.6 is 0 Å². The normalized spacial score (nSPS) is 11.2. The predicted molar refractivity (Wildman–Crippen MR) is 98.4 cm³/mol. The third-order valence-corrected chi connectivity index (χ3v) is 3.53. The fourth-order valence-corrected chi connectivity index (χ4v) is 2.31. The van der Waals surface area contributed by atoms with Gasteiger partial charge in [-0.05, 0) is 24.3 Å². The molecule has 0 atom stereocenters. The maximum Gasteiger partial charge on any atom is 0.206 e. The van der Waals surface area contributed by atoms with E-state index in [1.165, 1.54) is 12.3 Å². The van der Waals surface area contributed by atoms with Gasteiger partial charge in [-0.2, -0.15) is 10.2 Å². The van der Waals surface area contributed by atoms with E-state index in [4.69, 9.17) is 4.74 Å². The van der Waals surface area contributed by atoms with Crippen LogP contribution in [0, 0.1) is 0 Å². The van der Waals surface area contributed by atoms with Crippen LogP contribution in [0.2, 0.25) is 0 Å². The molecule has 0 aliphatic heterocycles. The third kappa shape index (κ3) is 4.35. The van der Waals surface area contributed by atoms with Crippen LogP contribution in [0.4, 0.5) is 0 Å². The Kier molecular flexibility index (Phi) is 5.12. The molecule has 26 heavy (non-hydrogen) atoms. The molecule has 0 saturated heterocycles. The van der Waals surface area contributed by atoms with E-state index in [1.54, 1.807) is 46.4 Å². The summed E-state index contributed by atoms with van der Waals surface area (Å²) in [4.78, 5) is 16.1. The number of aromatic hydroxyl groups is 1. The lowest BCUT2D eigenvalue weighted by Gasteiger charge is -2.08. The van der Waals surface area contributed by atoms with Crippen molar-refractivity contribution in [3.8, 4) is 11.5 Å². The number of benzene rings is 1. The molecule has 3 aromatic rings. The number of rotatable bonds is 6. The average molecular weight is 353 g/mol. The summed E-state index contributed by atoms with van der Waals surface area (Å²) in [6.45, 7) is 0.495. The molecule has 0 fully saturated rings. The molecule has 3 rings (SSSR count).